The Morgan fingerprint density at radius 1 is 1.19 bits per heavy atom. The molecule has 0 atom stereocenters. The van der Waals surface area contributed by atoms with Gasteiger partial charge in [0.1, 0.15) is 11.1 Å². The molecule has 4 rings (SSSR count). The number of hydrogen-bond donors (Lipinski definition) is 0. The van der Waals surface area contributed by atoms with Crippen molar-refractivity contribution in [2.45, 2.75) is 24.8 Å². The largest absolute Gasteiger partial charge is 0.492 e. The fourth-order valence-electron chi connectivity index (χ4n) is 3.29. The third-order valence-electron chi connectivity index (χ3n) is 4.39. The van der Waals surface area contributed by atoms with Gasteiger partial charge in [0.2, 0.25) is 6.08 Å². The van der Waals surface area contributed by atoms with Crippen molar-refractivity contribution in [3.05, 3.63) is 30.2 Å². The van der Waals surface area contributed by atoms with Crippen molar-refractivity contribution in [1.29, 1.82) is 0 Å². The fourth-order valence-corrected chi connectivity index (χ4v) is 3.29. The molecule has 1 fully saturated rings. The van der Waals surface area contributed by atoms with E-state index in [-0.39, 0.29) is 0 Å². The minimum absolute atomic E-state index is 0.549. The first-order valence-corrected chi connectivity index (χ1v) is 6.84. The lowest BCUT2D eigenvalue weighted by Crippen LogP contribution is -2.32. The van der Waals surface area contributed by atoms with Crippen molar-refractivity contribution in [3.8, 4) is 5.75 Å². The zero-order valence-corrected chi connectivity index (χ0v) is 11.5. The van der Waals surface area contributed by atoms with Crippen LogP contribution >= 0.6 is 0 Å². The van der Waals surface area contributed by atoms with E-state index in [1.807, 2.05) is 12.1 Å². The molecule has 0 amide bonds. The van der Waals surface area contributed by atoms with Gasteiger partial charge in [-0.2, -0.15) is 4.99 Å². The molecule has 0 N–H and O–H groups in total. The van der Waals surface area contributed by atoms with Crippen LogP contribution < -0.4 is 4.74 Å². The van der Waals surface area contributed by atoms with Gasteiger partial charge >= 0.3 is 0 Å². The molecule has 0 bridgehead atoms. The van der Waals surface area contributed by atoms with Gasteiger partial charge in [0.15, 0.2) is 11.3 Å². The predicted octanol–water partition coefficient (Wildman–Crippen LogP) is 3.90. The summed E-state index contributed by atoms with van der Waals surface area (Å²) < 4.78 is 16.8. The number of rotatable bonds is 3. The molecular weight excluding hydrogens is 270 g/mol. The summed E-state index contributed by atoms with van der Waals surface area (Å²) in [5.41, 5.74) is 1.72. The maximum absolute atomic E-state index is 10.9. The second-order valence-corrected chi connectivity index (χ2v) is 5.32. The monoisotopic (exact) mass is 283 g/mol. The van der Waals surface area contributed by atoms with Gasteiger partial charge in [0, 0.05) is 10.9 Å². The van der Waals surface area contributed by atoms with Crippen LogP contribution in [0.4, 0.5) is 0 Å². The molecule has 5 nitrogen and oxygen atoms in total. The van der Waals surface area contributed by atoms with E-state index >= 15 is 0 Å². The van der Waals surface area contributed by atoms with Gasteiger partial charge in [0.05, 0.1) is 25.0 Å². The normalized spacial score (nSPS) is 16.6. The second kappa shape index (κ2) is 4.24. The number of aliphatic imine (C=N–C) groups is 1. The minimum atomic E-state index is -0.549. The second-order valence-electron chi connectivity index (χ2n) is 5.32. The Bertz CT molecular complexity index is 827. The van der Waals surface area contributed by atoms with Gasteiger partial charge in [-0.05, 0) is 31.4 Å². The van der Waals surface area contributed by atoms with E-state index in [0.29, 0.717) is 16.9 Å². The third-order valence-corrected chi connectivity index (χ3v) is 4.39. The van der Waals surface area contributed by atoms with Crippen LogP contribution in [0.5, 0.6) is 5.75 Å². The molecule has 1 aromatic carbocycles. The van der Waals surface area contributed by atoms with E-state index in [0.717, 1.165) is 35.6 Å². The Labute approximate surface area is 120 Å². The van der Waals surface area contributed by atoms with Crippen molar-refractivity contribution in [2.24, 2.45) is 4.99 Å². The molecule has 2 heterocycles. The summed E-state index contributed by atoms with van der Waals surface area (Å²) in [6.45, 7) is 0. The van der Waals surface area contributed by atoms with Gasteiger partial charge < -0.3 is 13.6 Å². The highest BCUT2D eigenvalue weighted by atomic mass is 16.5. The molecular formula is C16H13NO4. The number of carbonyl (C=O) groups excluding carboxylic acids is 1. The lowest BCUT2D eigenvalue weighted by atomic mass is 9.71. The number of ether oxygens (including phenoxy) is 1. The Hall–Kier alpha value is -2.52. The molecule has 106 valence electrons. The smallest absolute Gasteiger partial charge is 0.235 e. The number of nitrogens with zero attached hydrogens (tertiary/aromatic N) is 1. The summed E-state index contributed by atoms with van der Waals surface area (Å²) in [7, 11) is 1.60. The van der Waals surface area contributed by atoms with E-state index in [1.165, 1.54) is 0 Å². The lowest BCUT2D eigenvalue weighted by molar-refractivity contribution is 0.258. The molecule has 0 spiro atoms. The van der Waals surface area contributed by atoms with Crippen molar-refractivity contribution < 1.29 is 18.4 Å². The quantitative estimate of drug-likeness (QED) is 0.540. The SMILES string of the molecule is COc1c2ccoc2c(C2(N=C=O)CCC2)c2ccoc12. The van der Waals surface area contributed by atoms with Crippen LogP contribution in [-0.2, 0) is 10.3 Å². The third kappa shape index (κ3) is 1.46. The van der Waals surface area contributed by atoms with Crippen LogP contribution in [0.25, 0.3) is 21.9 Å². The average molecular weight is 283 g/mol. The molecule has 0 aliphatic heterocycles. The summed E-state index contributed by atoms with van der Waals surface area (Å²) in [6, 6.07) is 3.71. The van der Waals surface area contributed by atoms with Gasteiger partial charge in [-0.3, -0.25) is 0 Å². The van der Waals surface area contributed by atoms with Crippen molar-refractivity contribution in [1.82, 2.24) is 0 Å². The van der Waals surface area contributed by atoms with Crippen LogP contribution in [0.2, 0.25) is 0 Å². The number of fused-ring (bicyclic) bond motifs is 2. The molecule has 5 heteroatoms. The van der Waals surface area contributed by atoms with Crippen LogP contribution in [0.1, 0.15) is 24.8 Å². The maximum atomic E-state index is 10.9. The summed E-state index contributed by atoms with van der Waals surface area (Å²) in [6.07, 6.45) is 7.60. The molecule has 3 aromatic rings. The average Bonchev–Trinajstić information content (AvgIpc) is 3.09. The maximum Gasteiger partial charge on any atom is 0.235 e. The van der Waals surface area contributed by atoms with Gasteiger partial charge in [-0.25, -0.2) is 4.79 Å². The summed E-state index contributed by atoms with van der Waals surface area (Å²) in [4.78, 5) is 15.0. The van der Waals surface area contributed by atoms with Crippen molar-refractivity contribution >= 4 is 28.0 Å². The molecule has 0 unspecified atom stereocenters. The Kier molecular flexibility index (Phi) is 2.47. The first-order chi connectivity index (χ1) is 10.3. The van der Waals surface area contributed by atoms with E-state index in [9.17, 15) is 4.79 Å². The van der Waals surface area contributed by atoms with Crippen LogP contribution in [-0.4, -0.2) is 13.2 Å². The summed E-state index contributed by atoms with van der Waals surface area (Å²) in [5, 5.41) is 1.72. The fraction of sp³-hybridized carbons (Fsp3) is 0.312. The molecule has 1 aliphatic rings. The van der Waals surface area contributed by atoms with E-state index in [1.54, 1.807) is 25.7 Å². The number of isocyanates is 1. The van der Waals surface area contributed by atoms with Gasteiger partial charge in [-0.1, -0.05) is 0 Å². The number of benzene rings is 1. The molecule has 0 saturated heterocycles. The molecule has 1 saturated carbocycles. The minimum Gasteiger partial charge on any atom is -0.492 e. The van der Waals surface area contributed by atoms with Crippen LogP contribution in [0.3, 0.4) is 0 Å². The van der Waals surface area contributed by atoms with Gasteiger partial charge in [-0.15, -0.1) is 0 Å². The number of furan rings is 2. The highest BCUT2D eigenvalue weighted by molar-refractivity contribution is 6.05. The first kappa shape index (κ1) is 12.2. The number of hydrogen-bond acceptors (Lipinski definition) is 5. The lowest BCUT2D eigenvalue weighted by Gasteiger charge is -2.37. The molecule has 2 aromatic heterocycles. The van der Waals surface area contributed by atoms with E-state index in [4.69, 9.17) is 13.6 Å². The molecule has 21 heavy (non-hydrogen) atoms. The van der Waals surface area contributed by atoms with Crippen molar-refractivity contribution in [2.75, 3.05) is 7.11 Å². The topological polar surface area (TPSA) is 64.9 Å². The van der Waals surface area contributed by atoms with Crippen LogP contribution in [0.15, 0.2) is 38.5 Å². The molecule has 1 aliphatic carbocycles. The Morgan fingerprint density at radius 2 is 1.90 bits per heavy atom. The summed E-state index contributed by atoms with van der Waals surface area (Å²) >= 11 is 0. The first-order valence-electron chi connectivity index (χ1n) is 6.84. The zero-order valence-electron chi connectivity index (χ0n) is 11.5. The Balaban J connectivity index is 2.18. The number of methoxy groups -OCH3 is 1. The standard InChI is InChI=1S/C16H13NO4/c1-19-14-11-4-8-20-13(11)12(10-3-7-21-15(10)14)16(17-9-18)5-2-6-16/h3-4,7-8H,2,5-6H2,1H3. The van der Waals surface area contributed by atoms with E-state index < -0.39 is 5.54 Å². The van der Waals surface area contributed by atoms with Crippen molar-refractivity contribution in [3.63, 3.8) is 0 Å². The highest BCUT2D eigenvalue weighted by Crippen LogP contribution is 2.52. The Morgan fingerprint density at radius 3 is 2.52 bits per heavy atom. The zero-order chi connectivity index (χ0) is 14.4. The van der Waals surface area contributed by atoms with Crippen LogP contribution in [0, 0.1) is 0 Å². The predicted molar refractivity (Wildman–Crippen MR) is 76.2 cm³/mol. The summed E-state index contributed by atoms with van der Waals surface area (Å²) in [5.74, 6) is 0.645. The molecule has 0 radical (unpaired) electrons. The van der Waals surface area contributed by atoms with E-state index in [2.05, 4.69) is 4.99 Å². The van der Waals surface area contributed by atoms with Gasteiger partial charge in [0.25, 0.3) is 0 Å². The highest BCUT2D eigenvalue weighted by Gasteiger charge is 2.43.